The molecule has 1 fully saturated rings. The van der Waals surface area contributed by atoms with Crippen molar-refractivity contribution in [1.29, 1.82) is 0 Å². The summed E-state index contributed by atoms with van der Waals surface area (Å²) in [5, 5.41) is 0. The number of nitrogens with two attached hydrogens (primary N) is 1. The van der Waals surface area contributed by atoms with E-state index in [2.05, 4.69) is 18.4 Å². The minimum absolute atomic E-state index is 0.252. The van der Waals surface area contributed by atoms with Crippen LogP contribution in [0.3, 0.4) is 0 Å². The first kappa shape index (κ1) is 12.7. The summed E-state index contributed by atoms with van der Waals surface area (Å²) in [7, 11) is 0. The van der Waals surface area contributed by atoms with E-state index in [1.807, 2.05) is 13.2 Å². The number of hydrazine groups is 1. The van der Waals surface area contributed by atoms with Crippen LogP contribution < -0.4 is 11.3 Å². The first-order chi connectivity index (χ1) is 8.24. The molecule has 0 aromatic carbocycles. The number of aryl methyl sites for hydroxylation is 1. The third kappa shape index (κ3) is 2.90. The summed E-state index contributed by atoms with van der Waals surface area (Å²) in [5.74, 6) is 8.22. The highest BCUT2D eigenvalue weighted by molar-refractivity contribution is 5.17. The molecule has 3 atom stereocenters. The van der Waals surface area contributed by atoms with Crippen LogP contribution in [0.4, 0.5) is 0 Å². The molecule has 0 radical (unpaired) electrons. The van der Waals surface area contributed by atoms with Crippen LogP contribution in [0.5, 0.6) is 0 Å². The van der Waals surface area contributed by atoms with Crippen molar-refractivity contribution in [3.63, 3.8) is 0 Å². The molecule has 0 amide bonds. The molecule has 0 saturated heterocycles. The quantitative estimate of drug-likeness (QED) is 0.623. The van der Waals surface area contributed by atoms with Crippen LogP contribution >= 0.6 is 0 Å². The Morgan fingerprint density at radius 1 is 1.53 bits per heavy atom. The molecule has 17 heavy (non-hydrogen) atoms. The SMILES string of the molecule is CCC1CCCC(C(NN)c2coc(C)c2)C1. The number of hydrogen-bond donors (Lipinski definition) is 2. The van der Waals surface area contributed by atoms with Gasteiger partial charge in [0.25, 0.3) is 0 Å². The molecule has 0 aliphatic heterocycles. The maximum Gasteiger partial charge on any atom is 0.101 e. The van der Waals surface area contributed by atoms with Crippen molar-refractivity contribution in [2.75, 3.05) is 0 Å². The lowest BCUT2D eigenvalue weighted by Crippen LogP contribution is -2.35. The van der Waals surface area contributed by atoms with Gasteiger partial charge in [0.05, 0.1) is 12.3 Å². The first-order valence-corrected chi connectivity index (χ1v) is 6.75. The Hall–Kier alpha value is -0.800. The minimum Gasteiger partial charge on any atom is -0.469 e. The molecule has 2 rings (SSSR count). The maximum atomic E-state index is 5.74. The standard InChI is InChI=1S/C14H24N2O/c1-3-11-5-4-6-12(8-11)14(16-15)13-7-10(2)17-9-13/h7,9,11-12,14,16H,3-6,8,15H2,1-2H3. The van der Waals surface area contributed by atoms with Crippen molar-refractivity contribution >= 4 is 0 Å². The normalized spacial score (nSPS) is 27.0. The first-order valence-electron chi connectivity index (χ1n) is 6.75. The maximum absolute atomic E-state index is 5.74. The van der Waals surface area contributed by atoms with Crippen LogP contribution in [0.25, 0.3) is 0 Å². The van der Waals surface area contributed by atoms with Crippen LogP contribution in [-0.2, 0) is 0 Å². The summed E-state index contributed by atoms with van der Waals surface area (Å²) in [6.45, 7) is 4.27. The molecule has 1 aliphatic rings. The van der Waals surface area contributed by atoms with E-state index in [1.54, 1.807) is 0 Å². The summed E-state index contributed by atoms with van der Waals surface area (Å²) in [4.78, 5) is 0. The van der Waals surface area contributed by atoms with Gasteiger partial charge in [-0.3, -0.25) is 11.3 Å². The van der Waals surface area contributed by atoms with Crippen molar-refractivity contribution in [3.8, 4) is 0 Å². The molecule has 1 aromatic heterocycles. The van der Waals surface area contributed by atoms with E-state index < -0.39 is 0 Å². The summed E-state index contributed by atoms with van der Waals surface area (Å²) in [6.07, 6.45) is 8.41. The van der Waals surface area contributed by atoms with Gasteiger partial charge in [-0.2, -0.15) is 0 Å². The van der Waals surface area contributed by atoms with E-state index in [1.165, 1.54) is 37.7 Å². The molecular weight excluding hydrogens is 212 g/mol. The number of hydrogen-bond acceptors (Lipinski definition) is 3. The van der Waals surface area contributed by atoms with Crippen molar-refractivity contribution in [2.24, 2.45) is 17.7 Å². The van der Waals surface area contributed by atoms with Gasteiger partial charge in [-0.05, 0) is 37.7 Å². The Morgan fingerprint density at radius 3 is 2.94 bits per heavy atom. The molecule has 3 heteroatoms. The highest BCUT2D eigenvalue weighted by Gasteiger charge is 2.28. The molecule has 3 N–H and O–H groups in total. The molecule has 3 nitrogen and oxygen atoms in total. The van der Waals surface area contributed by atoms with Crippen molar-refractivity contribution in [1.82, 2.24) is 5.43 Å². The minimum atomic E-state index is 0.252. The smallest absolute Gasteiger partial charge is 0.101 e. The van der Waals surface area contributed by atoms with Crippen LogP contribution in [-0.4, -0.2) is 0 Å². The fourth-order valence-corrected chi connectivity index (χ4v) is 3.14. The van der Waals surface area contributed by atoms with Gasteiger partial charge in [0.15, 0.2) is 0 Å². The summed E-state index contributed by atoms with van der Waals surface area (Å²) >= 11 is 0. The van der Waals surface area contributed by atoms with Gasteiger partial charge in [-0.15, -0.1) is 0 Å². The lowest BCUT2D eigenvalue weighted by atomic mass is 9.75. The average molecular weight is 236 g/mol. The lowest BCUT2D eigenvalue weighted by Gasteiger charge is -2.33. The number of rotatable bonds is 4. The zero-order valence-electron chi connectivity index (χ0n) is 10.9. The van der Waals surface area contributed by atoms with Gasteiger partial charge in [-0.25, -0.2) is 0 Å². The fraction of sp³-hybridized carbons (Fsp3) is 0.714. The van der Waals surface area contributed by atoms with Crippen molar-refractivity contribution < 1.29 is 4.42 Å². The third-order valence-corrected chi connectivity index (χ3v) is 4.16. The van der Waals surface area contributed by atoms with Gasteiger partial charge in [0.2, 0.25) is 0 Å². The second-order valence-electron chi connectivity index (χ2n) is 5.34. The van der Waals surface area contributed by atoms with Gasteiger partial charge >= 0.3 is 0 Å². The summed E-state index contributed by atoms with van der Waals surface area (Å²) < 4.78 is 5.40. The zero-order valence-corrected chi connectivity index (χ0v) is 10.9. The Kier molecular flexibility index (Phi) is 4.24. The third-order valence-electron chi connectivity index (χ3n) is 4.16. The highest BCUT2D eigenvalue weighted by Crippen LogP contribution is 2.38. The topological polar surface area (TPSA) is 51.2 Å². The van der Waals surface area contributed by atoms with E-state index in [9.17, 15) is 0 Å². The van der Waals surface area contributed by atoms with Crippen molar-refractivity contribution in [2.45, 2.75) is 52.0 Å². The Morgan fingerprint density at radius 2 is 2.35 bits per heavy atom. The Labute approximate surface area is 104 Å². The predicted octanol–water partition coefficient (Wildman–Crippen LogP) is 3.31. The van der Waals surface area contributed by atoms with E-state index in [0.29, 0.717) is 5.92 Å². The van der Waals surface area contributed by atoms with Gasteiger partial charge in [-0.1, -0.05) is 26.2 Å². The number of nitrogens with one attached hydrogen (secondary N) is 1. The second-order valence-corrected chi connectivity index (χ2v) is 5.34. The lowest BCUT2D eigenvalue weighted by molar-refractivity contribution is 0.209. The molecule has 1 aliphatic carbocycles. The van der Waals surface area contributed by atoms with Crippen LogP contribution in [0, 0.1) is 18.8 Å². The molecule has 0 spiro atoms. The fourth-order valence-electron chi connectivity index (χ4n) is 3.14. The average Bonchev–Trinajstić information content (AvgIpc) is 2.77. The van der Waals surface area contributed by atoms with Crippen LogP contribution in [0.15, 0.2) is 16.7 Å². The monoisotopic (exact) mass is 236 g/mol. The molecule has 1 heterocycles. The Bertz CT molecular complexity index is 348. The summed E-state index contributed by atoms with van der Waals surface area (Å²) in [6, 6.07) is 2.35. The highest BCUT2D eigenvalue weighted by atomic mass is 16.3. The molecule has 3 unspecified atom stereocenters. The molecule has 1 aromatic rings. The Balaban J connectivity index is 2.07. The van der Waals surface area contributed by atoms with E-state index in [4.69, 9.17) is 10.3 Å². The van der Waals surface area contributed by atoms with E-state index in [0.717, 1.165) is 11.7 Å². The van der Waals surface area contributed by atoms with Gasteiger partial charge in [0, 0.05) is 5.56 Å². The second kappa shape index (κ2) is 5.69. The van der Waals surface area contributed by atoms with E-state index in [-0.39, 0.29) is 6.04 Å². The molecule has 1 saturated carbocycles. The van der Waals surface area contributed by atoms with Crippen molar-refractivity contribution in [3.05, 3.63) is 23.7 Å². The zero-order chi connectivity index (χ0) is 12.3. The van der Waals surface area contributed by atoms with E-state index >= 15 is 0 Å². The van der Waals surface area contributed by atoms with Crippen LogP contribution in [0.2, 0.25) is 0 Å². The summed E-state index contributed by atoms with van der Waals surface area (Å²) in [5.41, 5.74) is 4.19. The van der Waals surface area contributed by atoms with Gasteiger partial charge in [0.1, 0.15) is 5.76 Å². The molecule has 0 bridgehead atoms. The predicted molar refractivity (Wildman–Crippen MR) is 69.2 cm³/mol. The molecule has 96 valence electrons. The molecular formula is C14H24N2O. The number of furan rings is 1. The van der Waals surface area contributed by atoms with Gasteiger partial charge < -0.3 is 4.42 Å². The van der Waals surface area contributed by atoms with Crippen LogP contribution in [0.1, 0.15) is 56.4 Å². The largest absolute Gasteiger partial charge is 0.469 e.